The third-order valence-corrected chi connectivity index (χ3v) is 3.70. The summed E-state index contributed by atoms with van der Waals surface area (Å²) in [5, 5.41) is 16.1. The lowest BCUT2D eigenvalue weighted by Crippen LogP contribution is -2.49. The van der Waals surface area contributed by atoms with Gasteiger partial charge >= 0.3 is 18.1 Å². The Balaban J connectivity index is 0.000000445. The highest BCUT2D eigenvalue weighted by Crippen LogP contribution is 2.13. The summed E-state index contributed by atoms with van der Waals surface area (Å²) in [7, 11) is 0. The van der Waals surface area contributed by atoms with Crippen LogP contribution in [0.5, 0.6) is 0 Å². The number of hydrogen-bond donors (Lipinski definition) is 3. The lowest BCUT2D eigenvalue weighted by atomic mass is 10.1. The van der Waals surface area contributed by atoms with Gasteiger partial charge in [0.2, 0.25) is 0 Å². The molecule has 11 heteroatoms. The van der Waals surface area contributed by atoms with Crippen LogP contribution < -0.4 is 5.73 Å². The van der Waals surface area contributed by atoms with E-state index >= 15 is 0 Å². The van der Waals surface area contributed by atoms with Crippen LogP contribution in [0.1, 0.15) is 20.7 Å². The van der Waals surface area contributed by atoms with Gasteiger partial charge in [-0.05, 0) is 18.2 Å². The molecule has 0 spiro atoms. The molecule has 150 valence electrons. The third-order valence-electron chi connectivity index (χ3n) is 3.70. The maximum absolute atomic E-state index is 12.3. The molecule has 1 aliphatic heterocycles. The molecule has 0 unspecified atom stereocenters. The molecule has 1 saturated heterocycles. The van der Waals surface area contributed by atoms with Crippen molar-refractivity contribution in [1.29, 1.82) is 0 Å². The van der Waals surface area contributed by atoms with Crippen LogP contribution in [0.15, 0.2) is 24.3 Å². The minimum Gasteiger partial charge on any atom is -0.478 e. The van der Waals surface area contributed by atoms with Gasteiger partial charge in [-0.15, -0.1) is 0 Å². The summed E-state index contributed by atoms with van der Waals surface area (Å²) in [4.78, 5) is 36.1. The quantitative estimate of drug-likeness (QED) is 0.691. The number of amides is 1. The smallest absolute Gasteiger partial charge is 0.478 e. The minimum absolute atomic E-state index is 0.111. The largest absolute Gasteiger partial charge is 0.490 e. The molecule has 0 radical (unpaired) electrons. The second kappa shape index (κ2) is 9.88. The summed E-state index contributed by atoms with van der Waals surface area (Å²) in [6.45, 7) is 4.38. The van der Waals surface area contributed by atoms with Gasteiger partial charge in [-0.2, -0.15) is 13.2 Å². The maximum Gasteiger partial charge on any atom is 0.490 e. The van der Waals surface area contributed by atoms with E-state index in [4.69, 9.17) is 20.7 Å². The number of benzene rings is 1. The Labute approximate surface area is 153 Å². The zero-order valence-corrected chi connectivity index (χ0v) is 14.3. The number of carboxylic acid groups (broad SMARTS) is 2. The van der Waals surface area contributed by atoms with Crippen LogP contribution in [0.4, 0.5) is 13.2 Å². The van der Waals surface area contributed by atoms with Crippen molar-refractivity contribution in [2.75, 3.05) is 39.3 Å². The Hall–Kier alpha value is -2.66. The summed E-state index contributed by atoms with van der Waals surface area (Å²) in [6.07, 6.45) is -5.08. The number of nitrogens with zero attached hydrogens (tertiary/aromatic N) is 2. The summed E-state index contributed by atoms with van der Waals surface area (Å²) < 4.78 is 31.7. The van der Waals surface area contributed by atoms with E-state index in [2.05, 4.69) is 4.90 Å². The Bertz CT molecular complexity index is 674. The van der Waals surface area contributed by atoms with Gasteiger partial charge in [0.05, 0.1) is 5.56 Å². The predicted octanol–water partition coefficient (Wildman–Crippen LogP) is 0.735. The van der Waals surface area contributed by atoms with E-state index in [9.17, 15) is 22.8 Å². The normalized spacial score (nSPS) is 14.9. The van der Waals surface area contributed by atoms with Crippen molar-refractivity contribution in [3.8, 4) is 0 Å². The van der Waals surface area contributed by atoms with Crippen LogP contribution in [0.25, 0.3) is 0 Å². The van der Waals surface area contributed by atoms with Gasteiger partial charge in [-0.3, -0.25) is 9.69 Å². The van der Waals surface area contributed by atoms with Gasteiger partial charge in [-0.25, -0.2) is 9.59 Å². The summed E-state index contributed by atoms with van der Waals surface area (Å²) >= 11 is 0. The molecule has 1 amide bonds. The number of carboxylic acids is 2. The molecule has 0 saturated carbocycles. The Kier molecular flexibility index (Phi) is 8.19. The van der Waals surface area contributed by atoms with Gasteiger partial charge < -0.3 is 20.8 Å². The van der Waals surface area contributed by atoms with Crippen molar-refractivity contribution in [3.05, 3.63) is 35.4 Å². The van der Waals surface area contributed by atoms with Gasteiger partial charge in [0.1, 0.15) is 0 Å². The maximum atomic E-state index is 12.3. The van der Waals surface area contributed by atoms with E-state index in [1.807, 2.05) is 0 Å². The highest BCUT2D eigenvalue weighted by Gasteiger charge is 2.38. The molecule has 2 rings (SSSR count). The Morgan fingerprint density at radius 1 is 1.04 bits per heavy atom. The van der Waals surface area contributed by atoms with E-state index in [0.29, 0.717) is 25.2 Å². The van der Waals surface area contributed by atoms with E-state index in [0.717, 1.165) is 19.6 Å². The predicted molar refractivity (Wildman–Crippen MR) is 88.5 cm³/mol. The lowest BCUT2D eigenvalue weighted by molar-refractivity contribution is -0.192. The van der Waals surface area contributed by atoms with Crippen molar-refractivity contribution in [2.45, 2.75) is 6.18 Å². The molecule has 0 bridgehead atoms. The van der Waals surface area contributed by atoms with E-state index in [-0.39, 0.29) is 11.5 Å². The number of carbonyl (C=O) groups excluding carboxylic acids is 1. The van der Waals surface area contributed by atoms with Gasteiger partial charge in [0.25, 0.3) is 5.91 Å². The summed E-state index contributed by atoms with van der Waals surface area (Å²) in [5.41, 5.74) is 6.08. The van der Waals surface area contributed by atoms with Crippen molar-refractivity contribution in [3.63, 3.8) is 0 Å². The highest BCUT2D eigenvalue weighted by atomic mass is 19.4. The first-order valence-electron chi connectivity index (χ1n) is 7.91. The SMILES string of the molecule is NCCN1CCN(C(=O)c2cccc(C(=O)O)c2)CC1.O=C(O)C(F)(F)F. The van der Waals surface area contributed by atoms with E-state index in [1.165, 1.54) is 12.1 Å². The minimum atomic E-state index is -5.08. The Morgan fingerprint density at radius 3 is 2.00 bits per heavy atom. The first-order valence-corrected chi connectivity index (χ1v) is 7.91. The average molecular weight is 391 g/mol. The number of halogens is 3. The van der Waals surface area contributed by atoms with Gasteiger partial charge in [0.15, 0.2) is 0 Å². The number of nitrogens with two attached hydrogens (primary N) is 1. The highest BCUT2D eigenvalue weighted by molar-refractivity contribution is 5.97. The summed E-state index contributed by atoms with van der Waals surface area (Å²) in [5.74, 6) is -3.89. The zero-order chi connectivity index (χ0) is 20.6. The molecule has 1 aromatic rings. The fourth-order valence-corrected chi connectivity index (χ4v) is 2.32. The number of hydrogen-bond acceptors (Lipinski definition) is 5. The first-order chi connectivity index (χ1) is 12.6. The molecular weight excluding hydrogens is 371 g/mol. The van der Waals surface area contributed by atoms with E-state index in [1.54, 1.807) is 17.0 Å². The third kappa shape index (κ3) is 7.23. The number of rotatable bonds is 4. The van der Waals surface area contributed by atoms with Crippen LogP contribution >= 0.6 is 0 Å². The van der Waals surface area contributed by atoms with Crippen LogP contribution in [0.3, 0.4) is 0 Å². The first kappa shape index (κ1) is 22.4. The van der Waals surface area contributed by atoms with Gasteiger partial charge in [0, 0.05) is 44.8 Å². The van der Waals surface area contributed by atoms with Crippen molar-refractivity contribution in [2.24, 2.45) is 5.73 Å². The molecule has 27 heavy (non-hydrogen) atoms. The van der Waals surface area contributed by atoms with E-state index < -0.39 is 18.1 Å². The molecule has 1 heterocycles. The number of alkyl halides is 3. The Morgan fingerprint density at radius 2 is 1.56 bits per heavy atom. The molecular formula is C16H20F3N3O5. The van der Waals surface area contributed by atoms with Crippen molar-refractivity contribution in [1.82, 2.24) is 9.80 Å². The molecule has 1 aromatic carbocycles. The van der Waals surface area contributed by atoms with Crippen LogP contribution in [-0.4, -0.2) is 83.3 Å². The molecule has 4 N–H and O–H groups in total. The average Bonchev–Trinajstić information content (AvgIpc) is 2.62. The monoisotopic (exact) mass is 391 g/mol. The molecule has 0 atom stereocenters. The van der Waals surface area contributed by atoms with Crippen LogP contribution in [0, 0.1) is 0 Å². The molecule has 8 nitrogen and oxygen atoms in total. The number of piperazine rings is 1. The second-order valence-electron chi connectivity index (χ2n) is 5.61. The fourth-order valence-electron chi connectivity index (χ4n) is 2.32. The molecule has 0 aliphatic carbocycles. The number of aromatic carboxylic acids is 1. The van der Waals surface area contributed by atoms with Gasteiger partial charge in [-0.1, -0.05) is 6.07 Å². The molecule has 1 fully saturated rings. The van der Waals surface area contributed by atoms with Crippen LogP contribution in [0.2, 0.25) is 0 Å². The topological polar surface area (TPSA) is 124 Å². The standard InChI is InChI=1S/C14H19N3O3.C2HF3O2/c15-4-5-16-6-8-17(9-7-16)13(18)11-2-1-3-12(10-11)14(19)20;3-2(4,5)1(6)7/h1-3,10H,4-9,15H2,(H,19,20);(H,6,7). The molecule has 1 aliphatic rings. The number of carbonyl (C=O) groups is 3. The summed E-state index contributed by atoms with van der Waals surface area (Å²) in [6, 6.07) is 6.16. The van der Waals surface area contributed by atoms with Crippen LogP contribution in [-0.2, 0) is 4.79 Å². The second-order valence-corrected chi connectivity index (χ2v) is 5.61. The van der Waals surface area contributed by atoms with Crippen molar-refractivity contribution >= 4 is 17.8 Å². The fraction of sp³-hybridized carbons (Fsp3) is 0.438. The zero-order valence-electron chi connectivity index (χ0n) is 14.3. The van der Waals surface area contributed by atoms with Crippen molar-refractivity contribution < 1.29 is 37.8 Å². The number of aliphatic carboxylic acids is 1. The molecule has 0 aromatic heterocycles. The lowest BCUT2D eigenvalue weighted by Gasteiger charge is -2.34.